The average Bonchev–Trinajstić information content (AvgIpc) is 2.74. The molecule has 1 aliphatic rings. The van der Waals surface area contributed by atoms with Gasteiger partial charge in [0.2, 0.25) is 15.9 Å². The first-order chi connectivity index (χ1) is 13.5. The Hall–Kier alpha value is -2.58. The van der Waals surface area contributed by atoms with Crippen LogP contribution in [-0.2, 0) is 14.8 Å². The number of sulfonamides is 1. The van der Waals surface area contributed by atoms with Gasteiger partial charge in [-0.05, 0) is 24.3 Å². The Morgan fingerprint density at radius 3 is 2.43 bits per heavy atom. The second-order valence-electron chi connectivity index (χ2n) is 6.53. The largest absolute Gasteiger partial charge is 0.497 e. The number of methoxy groups -OCH3 is 1. The van der Waals surface area contributed by atoms with Crippen LogP contribution < -0.4 is 14.4 Å². The highest BCUT2D eigenvalue weighted by Gasteiger charge is 2.22. The predicted molar refractivity (Wildman–Crippen MR) is 108 cm³/mol. The number of nitrogens with one attached hydrogen (secondary N) is 1. The van der Waals surface area contributed by atoms with E-state index >= 15 is 0 Å². The van der Waals surface area contributed by atoms with E-state index in [-0.39, 0.29) is 23.8 Å². The number of anilines is 1. The van der Waals surface area contributed by atoms with Gasteiger partial charge in [0.15, 0.2) is 0 Å². The lowest BCUT2D eigenvalue weighted by molar-refractivity contribution is -0.131. The van der Waals surface area contributed by atoms with Gasteiger partial charge >= 0.3 is 0 Å². The summed E-state index contributed by atoms with van der Waals surface area (Å²) in [7, 11) is -1.94. The molecule has 1 heterocycles. The van der Waals surface area contributed by atoms with Crippen molar-refractivity contribution in [1.29, 1.82) is 0 Å². The van der Waals surface area contributed by atoms with Crippen molar-refractivity contribution in [3.05, 3.63) is 54.6 Å². The zero-order valence-corrected chi connectivity index (χ0v) is 16.7. The van der Waals surface area contributed by atoms with E-state index < -0.39 is 10.0 Å². The van der Waals surface area contributed by atoms with E-state index in [9.17, 15) is 13.2 Å². The van der Waals surface area contributed by atoms with E-state index in [0.29, 0.717) is 13.1 Å². The number of benzene rings is 2. The van der Waals surface area contributed by atoms with Crippen LogP contribution in [-0.4, -0.2) is 59.1 Å². The molecular formula is C20H25N3O4S. The maximum Gasteiger partial charge on any atom is 0.240 e. The SMILES string of the molecule is COc1cccc(N2CCN(C(=O)CCNS(=O)(=O)c3ccccc3)CC2)c1. The quantitative estimate of drug-likeness (QED) is 0.762. The molecule has 1 aliphatic heterocycles. The van der Waals surface area contributed by atoms with Gasteiger partial charge in [0, 0.05) is 50.9 Å². The number of carbonyl (C=O) groups excluding carboxylic acids is 1. The van der Waals surface area contributed by atoms with Crippen LogP contribution in [0.5, 0.6) is 5.75 Å². The molecule has 3 rings (SSSR count). The van der Waals surface area contributed by atoms with Crippen LogP contribution in [0, 0.1) is 0 Å². The monoisotopic (exact) mass is 403 g/mol. The third-order valence-electron chi connectivity index (χ3n) is 4.74. The van der Waals surface area contributed by atoms with Crippen molar-refractivity contribution < 1.29 is 17.9 Å². The molecule has 2 aromatic carbocycles. The van der Waals surface area contributed by atoms with Gasteiger partial charge in [0.05, 0.1) is 12.0 Å². The molecule has 1 saturated heterocycles. The molecule has 0 atom stereocenters. The molecule has 1 N–H and O–H groups in total. The summed E-state index contributed by atoms with van der Waals surface area (Å²) in [6.07, 6.45) is 0.144. The number of ether oxygens (including phenoxy) is 1. The van der Waals surface area contributed by atoms with Crippen molar-refractivity contribution in [1.82, 2.24) is 9.62 Å². The fourth-order valence-corrected chi connectivity index (χ4v) is 4.21. The van der Waals surface area contributed by atoms with Crippen LogP contribution >= 0.6 is 0 Å². The molecule has 0 bridgehead atoms. The third-order valence-corrected chi connectivity index (χ3v) is 6.21. The number of hydrogen-bond donors (Lipinski definition) is 1. The Labute approximate surface area is 166 Å². The lowest BCUT2D eigenvalue weighted by Crippen LogP contribution is -2.49. The highest BCUT2D eigenvalue weighted by atomic mass is 32.2. The maximum absolute atomic E-state index is 12.4. The first-order valence-corrected chi connectivity index (χ1v) is 10.7. The van der Waals surface area contributed by atoms with Gasteiger partial charge in [-0.25, -0.2) is 13.1 Å². The molecule has 0 aromatic heterocycles. The van der Waals surface area contributed by atoms with Gasteiger partial charge in [0.1, 0.15) is 5.75 Å². The summed E-state index contributed by atoms with van der Waals surface area (Å²) < 4.78 is 32.1. The van der Waals surface area contributed by atoms with Crippen molar-refractivity contribution in [2.75, 3.05) is 44.7 Å². The van der Waals surface area contributed by atoms with Crippen molar-refractivity contribution in [2.24, 2.45) is 0 Å². The summed E-state index contributed by atoms with van der Waals surface area (Å²) in [6.45, 7) is 2.78. The van der Waals surface area contributed by atoms with Gasteiger partial charge in [-0.15, -0.1) is 0 Å². The topological polar surface area (TPSA) is 79.0 Å². The van der Waals surface area contributed by atoms with Crippen LogP contribution in [0.25, 0.3) is 0 Å². The fourth-order valence-electron chi connectivity index (χ4n) is 3.15. The van der Waals surface area contributed by atoms with Gasteiger partial charge in [-0.3, -0.25) is 4.79 Å². The van der Waals surface area contributed by atoms with Gasteiger partial charge in [-0.2, -0.15) is 0 Å². The normalized spacial score (nSPS) is 14.8. The van der Waals surface area contributed by atoms with Crippen LogP contribution in [0.4, 0.5) is 5.69 Å². The van der Waals surface area contributed by atoms with Gasteiger partial charge in [0.25, 0.3) is 0 Å². The Morgan fingerprint density at radius 2 is 1.75 bits per heavy atom. The Kier molecular flexibility index (Phi) is 6.53. The standard InChI is InChI=1S/C20H25N3O4S/c1-27-18-7-5-6-17(16-18)22-12-14-23(15-13-22)20(24)10-11-21-28(25,26)19-8-3-2-4-9-19/h2-9,16,21H,10-15H2,1H3. The van der Waals surface area contributed by atoms with E-state index in [4.69, 9.17) is 4.74 Å². The molecule has 150 valence electrons. The highest BCUT2D eigenvalue weighted by Crippen LogP contribution is 2.22. The first kappa shape index (κ1) is 20.2. The molecule has 28 heavy (non-hydrogen) atoms. The summed E-state index contributed by atoms with van der Waals surface area (Å²) in [5, 5.41) is 0. The minimum atomic E-state index is -3.58. The fraction of sp³-hybridized carbons (Fsp3) is 0.350. The molecule has 2 aromatic rings. The van der Waals surface area contributed by atoms with E-state index in [0.717, 1.165) is 24.5 Å². The maximum atomic E-state index is 12.4. The summed E-state index contributed by atoms with van der Waals surface area (Å²) in [6, 6.07) is 16.0. The van der Waals surface area contributed by atoms with Crippen molar-refractivity contribution in [2.45, 2.75) is 11.3 Å². The summed E-state index contributed by atoms with van der Waals surface area (Å²) in [5.74, 6) is 0.766. The molecule has 0 aliphatic carbocycles. The van der Waals surface area contributed by atoms with Gasteiger partial charge in [-0.1, -0.05) is 24.3 Å². The molecule has 0 spiro atoms. The highest BCUT2D eigenvalue weighted by molar-refractivity contribution is 7.89. The average molecular weight is 404 g/mol. The summed E-state index contributed by atoms with van der Waals surface area (Å²) in [4.78, 5) is 16.6. The van der Waals surface area contributed by atoms with Crippen LogP contribution in [0.3, 0.4) is 0 Å². The second kappa shape index (κ2) is 9.07. The van der Waals surface area contributed by atoms with Crippen LogP contribution in [0.15, 0.2) is 59.5 Å². The second-order valence-corrected chi connectivity index (χ2v) is 8.30. The predicted octanol–water partition coefficient (Wildman–Crippen LogP) is 1.71. The number of nitrogens with zero attached hydrogens (tertiary/aromatic N) is 2. The number of rotatable bonds is 7. The lowest BCUT2D eigenvalue weighted by atomic mass is 10.2. The Bertz CT molecular complexity index is 895. The third kappa shape index (κ3) is 5.02. The van der Waals surface area contributed by atoms with Crippen molar-refractivity contribution in [3.8, 4) is 5.75 Å². The van der Waals surface area contributed by atoms with Crippen molar-refractivity contribution in [3.63, 3.8) is 0 Å². The van der Waals surface area contributed by atoms with Crippen LogP contribution in [0.1, 0.15) is 6.42 Å². The van der Waals surface area contributed by atoms with Crippen molar-refractivity contribution >= 4 is 21.6 Å². The molecule has 0 unspecified atom stereocenters. The minimum absolute atomic E-state index is 0.0407. The molecule has 7 nitrogen and oxygen atoms in total. The zero-order chi connectivity index (χ0) is 20.0. The number of piperazine rings is 1. The van der Waals surface area contributed by atoms with E-state index in [1.165, 1.54) is 12.1 Å². The molecule has 0 saturated carbocycles. The molecular weight excluding hydrogens is 378 g/mol. The molecule has 1 amide bonds. The minimum Gasteiger partial charge on any atom is -0.497 e. The number of amides is 1. The van der Waals surface area contributed by atoms with E-state index in [1.807, 2.05) is 24.3 Å². The molecule has 0 radical (unpaired) electrons. The number of hydrogen-bond acceptors (Lipinski definition) is 5. The summed E-state index contributed by atoms with van der Waals surface area (Å²) >= 11 is 0. The number of carbonyl (C=O) groups is 1. The van der Waals surface area contributed by atoms with E-state index in [1.54, 1.807) is 30.2 Å². The zero-order valence-electron chi connectivity index (χ0n) is 15.9. The first-order valence-electron chi connectivity index (χ1n) is 9.21. The molecule has 1 fully saturated rings. The van der Waals surface area contributed by atoms with Gasteiger partial charge < -0.3 is 14.5 Å². The smallest absolute Gasteiger partial charge is 0.240 e. The summed E-state index contributed by atoms with van der Waals surface area (Å²) in [5.41, 5.74) is 1.07. The van der Waals surface area contributed by atoms with Crippen LogP contribution in [0.2, 0.25) is 0 Å². The Balaban J connectivity index is 1.46. The molecule has 8 heteroatoms. The van der Waals surface area contributed by atoms with E-state index in [2.05, 4.69) is 9.62 Å². The lowest BCUT2D eigenvalue weighted by Gasteiger charge is -2.36. The Morgan fingerprint density at radius 1 is 1.04 bits per heavy atom.